The normalized spacial score (nSPS) is 0.375. The molecule has 60 valence electrons. The molecule has 6 nitrogen and oxygen atoms in total. The fraction of sp³-hybridized carbons (Fsp3) is 0. The van der Waals surface area contributed by atoms with E-state index in [1.807, 2.05) is 0 Å². The summed E-state index contributed by atoms with van der Waals surface area (Å²) < 4.78 is 8.17. The first-order valence-electron chi connectivity index (χ1n) is 0.236. The Morgan fingerprint density at radius 2 is 0.750 bits per heavy atom. The Bertz CT molecular complexity index is 17.5. The van der Waals surface area contributed by atoms with E-state index in [9.17, 15) is 0 Å². The third-order valence-corrected chi connectivity index (χ3v) is 0. The molecule has 0 bridgehead atoms. The Hall–Kier alpha value is 0.665. The van der Waals surface area contributed by atoms with Crippen LogP contribution in [-0.4, -0.2) is 61.0 Å². The van der Waals surface area contributed by atoms with Crippen molar-refractivity contribution in [2.45, 2.75) is 0 Å². The number of rotatable bonds is 0. The van der Waals surface area contributed by atoms with Gasteiger partial charge in [-0.2, -0.15) is 0 Å². The molecule has 0 aliphatic heterocycles. The van der Waals surface area contributed by atoms with E-state index in [0.29, 0.717) is 0 Å². The van der Waals surface area contributed by atoms with E-state index in [2.05, 4.69) is 0 Å². The standard InChI is InChI=1S/2Al.5H2O.O.4H2/h;;5*1H2;;4*1H. The molecule has 0 aliphatic rings. The topological polar surface area (TPSA) is 175 Å². The van der Waals surface area contributed by atoms with Crippen molar-refractivity contribution in [2.75, 3.05) is 0 Å². The van der Waals surface area contributed by atoms with Gasteiger partial charge in [0.25, 0.3) is 0 Å². The molecule has 0 fully saturated rings. The number of hydrogen-bond acceptors (Lipinski definition) is 1. The second kappa shape index (κ2) is 770. The van der Waals surface area contributed by atoms with Crippen molar-refractivity contribution in [3.05, 3.63) is 0 Å². The Labute approximate surface area is 71.1 Å². The van der Waals surface area contributed by atoms with Crippen LogP contribution in [0.5, 0.6) is 0 Å². The summed E-state index contributed by atoms with van der Waals surface area (Å²) in [6, 6.07) is 0. The molecule has 0 rings (SSSR count). The number of hydrogen-bond donors (Lipinski definition) is 0. The van der Waals surface area contributed by atoms with Crippen molar-refractivity contribution >= 4 is 33.6 Å². The maximum absolute atomic E-state index is 8.17. The first-order valence-corrected chi connectivity index (χ1v) is 0.707. The average Bonchev–Trinajstić information content (AvgIpc) is 1.00. The van der Waals surface area contributed by atoms with Crippen LogP contribution in [0.4, 0.5) is 0 Å². The monoisotopic (exact) mass is 168 g/mol. The molecule has 0 aromatic rings. The molecule has 8 heavy (non-hydrogen) atoms. The summed E-state index contributed by atoms with van der Waals surface area (Å²) in [5.41, 5.74) is 0. The summed E-state index contributed by atoms with van der Waals surface area (Å²) in [6.45, 7) is 0. The van der Waals surface area contributed by atoms with E-state index in [1.165, 1.54) is 16.2 Å². The third kappa shape index (κ3) is 484. The van der Waals surface area contributed by atoms with Crippen LogP contribution in [0.1, 0.15) is 5.71 Å². The molecule has 0 unspecified atom stereocenters. The predicted octanol–water partition coefficient (Wildman–Crippen LogP) is -4.02. The van der Waals surface area contributed by atoms with E-state index in [1.54, 1.807) is 0 Å². The summed E-state index contributed by atoms with van der Waals surface area (Å²) in [5.74, 6) is 0. The van der Waals surface area contributed by atoms with Crippen molar-refractivity contribution < 1.29 is 36.9 Å². The SMILES string of the molecule is O.O.O.O.O.[Al].[HH].[HH].[HH].[HH].[O]=[Al]. The fourth-order valence-corrected chi connectivity index (χ4v) is 0. The van der Waals surface area contributed by atoms with Crippen LogP contribution >= 0.6 is 0 Å². The maximum atomic E-state index is 8.17. The summed E-state index contributed by atoms with van der Waals surface area (Å²) in [5, 5.41) is 0. The van der Waals surface area contributed by atoms with E-state index in [0.717, 1.165) is 0 Å². The molecule has 0 amide bonds. The molecule has 4 radical (unpaired) electrons. The molecular formula is H18Al2O6. The van der Waals surface area contributed by atoms with Gasteiger partial charge in [0.05, 0.1) is 0 Å². The quantitative estimate of drug-likeness (QED) is 0.329. The van der Waals surface area contributed by atoms with Gasteiger partial charge in [0.1, 0.15) is 0 Å². The Morgan fingerprint density at radius 3 is 0.750 bits per heavy atom. The van der Waals surface area contributed by atoms with Crippen LogP contribution in [0.2, 0.25) is 0 Å². The average molecular weight is 168 g/mol. The van der Waals surface area contributed by atoms with Gasteiger partial charge in [-0.15, -0.1) is 0 Å². The summed E-state index contributed by atoms with van der Waals surface area (Å²) >= 11 is 1.17. The molecule has 0 saturated carbocycles. The molecule has 0 aromatic carbocycles. The van der Waals surface area contributed by atoms with Crippen LogP contribution in [0, 0.1) is 0 Å². The summed E-state index contributed by atoms with van der Waals surface area (Å²) in [7, 11) is 0. The van der Waals surface area contributed by atoms with E-state index >= 15 is 0 Å². The zero-order valence-corrected chi connectivity index (χ0v) is 6.37. The van der Waals surface area contributed by atoms with Crippen LogP contribution < -0.4 is 0 Å². The second-order valence-electron chi connectivity index (χ2n) is 0. The van der Waals surface area contributed by atoms with E-state index < -0.39 is 0 Å². The van der Waals surface area contributed by atoms with Gasteiger partial charge in [-0.25, -0.2) is 0 Å². The molecule has 0 spiro atoms. The van der Waals surface area contributed by atoms with Crippen molar-refractivity contribution in [3.8, 4) is 0 Å². The van der Waals surface area contributed by atoms with Gasteiger partial charge in [-0.05, 0) is 0 Å². The van der Waals surface area contributed by atoms with Crippen molar-refractivity contribution in [1.82, 2.24) is 0 Å². The van der Waals surface area contributed by atoms with Gasteiger partial charge < -0.3 is 27.4 Å². The molecular weight excluding hydrogens is 150 g/mol. The molecule has 8 heteroatoms. The minimum absolute atomic E-state index is 0. The van der Waals surface area contributed by atoms with Crippen LogP contribution in [0.3, 0.4) is 0 Å². The summed E-state index contributed by atoms with van der Waals surface area (Å²) in [6.07, 6.45) is 0. The van der Waals surface area contributed by atoms with Crippen molar-refractivity contribution in [2.24, 2.45) is 0 Å². The van der Waals surface area contributed by atoms with E-state index in [4.69, 9.17) is 3.80 Å². The zero-order chi connectivity index (χ0) is 2.00. The van der Waals surface area contributed by atoms with Gasteiger partial charge in [0.15, 0.2) is 0 Å². The minimum atomic E-state index is 0. The first-order chi connectivity index (χ1) is 1.00. The van der Waals surface area contributed by atoms with Crippen LogP contribution in [0.25, 0.3) is 0 Å². The molecule has 0 saturated heterocycles. The summed E-state index contributed by atoms with van der Waals surface area (Å²) in [4.78, 5) is 0. The Morgan fingerprint density at radius 1 is 0.750 bits per heavy atom. The van der Waals surface area contributed by atoms with Gasteiger partial charge in [0.2, 0.25) is 0 Å². The molecule has 0 heterocycles. The molecule has 0 atom stereocenters. The van der Waals surface area contributed by atoms with Gasteiger partial charge >= 0.3 is 20.0 Å². The second-order valence-corrected chi connectivity index (χ2v) is 0. The fourth-order valence-electron chi connectivity index (χ4n) is 0. The molecule has 0 aliphatic carbocycles. The van der Waals surface area contributed by atoms with Crippen molar-refractivity contribution in [3.63, 3.8) is 0 Å². The van der Waals surface area contributed by atoms with Gasteiger partial charge in [-0.1, -0.05) is 0 Å². The predicted molar refractivity (Wildman–Crippen MR) is 38.7 cm³/mol. The Kier molecular flexibility index (Phi) is 17700. The Balaban J connectivity index is -0.000000000111. The van der Waals surface area contributed by atoms with Crippen LogP contribution in [0.15, 0.2) is 0 Å². The van der Waals surface area contributed by atoms with Crippen molar-refractivity contribution in [1.29, 1.82) is 0 Å². The van der Waals surface area contributed by atoms with Crippen LogP contribution in [-0.2, 0) is 3.80 Å². The first kappa shape index (κ1) is 184. The zero-order valence-electron chi connectivity index (χ0n) is 4.06. The van der Waals surface area contributed by atoms with Gasteiger partial charge in [-0.3, -0.25) is 0 Å². The molecule has 10 N–H and O–H groups in total. The third-order valence-electron chi connectivity index (χ3n) is 0. The van der Waals surface area contributed by atoms with E-state index in [-0.39, 0.29) is 50.4 Å². The molecule has 0 aromatic heterocycles. The van der Waals surface area contributed by atoms with Gasteiger partial charge in [0, 0.05) is 23.1 Å².